The first-order valence-corrected chi connectivity index (χ1v) is 11.5. The number of amides is 2. The second-order valence-corrected chi connectivity index (χ2v) is 9.00. The molecule has 10 nitrogen and oxygen atoms in total. The van der Waals surface area contributed by atoms with Crippen LogP contribution in [0.3, 0.4) is 0 Å². The van der Waals surface area contributed by atoms with Crippen LogP contribution in [-0.2, 0) is 9.53 Å². The molecule has 0 bridgehead atoms. The number of carbonyl (C=O) groups is 3. The largest absolute Gasteiger partial charge is 0.481 e. The zero-order valence-corrected chi connectivity index (χ0v) is 19.1. The number of benzene rings is 2. The number of carboxylic acid groups (broad SMARTS) is 1. The quantitative estimate of drug-likeness (QED) is 0.497. The number of rotatable bonds is 6. The highest BCUT2D eigenvalue weighted by molar-refractivity contribution is 5.91. The number of aliphatic carboxylic acids is 1. The Bertz CT molecular complexity index is 1240. The Morgan fingerprint density at radius 1 is 1.09 bits per heavy atom. The van der Waals surface area contributed by atoms with Crippen LogP contribution in [0.15, 0.2) is 48.5 Å². The molecule has 1 fully saturated rings. The van der Waals surface area contributed by atoms with E-state index in [1.807, 2.05) is 43.3 Å². The van der Waals surface area contributed by atoms with E-state index in [0.29, 0.717) is 13.1 Å². The molecule has 10 heteroatoms. The Hall–Kier alpha value is -4.21. The lowest BCUT2D eigenvalue weighted by Gasteiger charge is -2.14. The number of hydrogen-bond acceptors (Lipinski definition) is 6. The molecule has 2 amide bonds. The Morgan fingerprint density at radius 3 is 2.40 bits per heavy atom. The maximum absolute atomic E-state index is 12.8. The highest BCUT2D eigenvalue weighted by Crippen LogP contribution is 2.44. The fourth-order valence-corrected chi connectivity index (χ4v) is 4.98. The average Bonchev–Trinajstić information content (AvgIpc) is 3.53. The maximum atomic E-state index is 12.8. The number of H-pyrrole nitrogens is 1. The summed E-state index contributed by atoms with van der Waals surface area (Å²) in [5.74, 6) is -1.49. The number of anilines is 1. The summed E-state index contributed by atoms with van der Waals surface area (Å²) in [5.41, 5.74) is 4.48. The van der Waals surface area contributed by atoms with Crippen molar-refractivity contribution in [1.82, 2.24) is 20.1 Å². The van der Waals surface area contributed by atoms with Gasteiger partial charge >= 0.3 is 12.1 Å². The third-order valence-electron chi connectivity index (χ3n) is 6.74. The van der Waals surface area contributed by atoms with Gasteiger partial charge in [-0.15, -0.1) is 5.10 Å². The summed E-state index contributed by atoms with van der Waals surface area (Å²) in [7, 11) is 0. The van der Waals surface area contributed by atoms with Gasteiger partial charge in [-0.25, -0.2) is 4.79 Å². The zero-order chi connectivity index (χ0) is 24.5. The highest BCUT2D eigenvalue weighted by Gasteiger charge is 2.35. The molecule has 180 valence electrons. The fourth-order valence-electron chi connectivity index (χ4n) is 4.98. The molecular weight excluding hydrogens is 450 g/mol. The molecular formula is C25H25N5O5. The van der Waals surface area contributed by atoms with Gasteiger partial charge in [0.05, 0.1) is 6.42 Å². The SMILES string of the molecule is C[C@@H]1CN(C(=O)c2nc(NC(=O)OCC3c4ccccc4-c4ccccc43)n[nH]2)C[C@H]1CC(=O)O. The number of carboxylic acids is 1. The van der Waals surface area contributed by atoms with Crippen molar-refractivity contribution in [3.8, 4) is 11.1 Å². The van der Waals surface area contributed by atoms with Crippen LogP contribution in [0.1, 0.15) is 41.0 Å². The van der Waals surface area contributed by atoms with E-state index in [9.17, 15) is 14.4 Å². The first kappa shape index (κ1) is 22.6. The Labute approximate surface area is 201 Å². The van der Waals surface area contributed by atoms with Crippen LogP contribution in [0, 0.1) is 11.8 Å². The monoisotopic (exact) mass is 475 g/mol. The number of aromatic amines is 1. The van der Waals surface area contributed by atoms with Crippen LogP contribution >= 0.6 is 0 Å². The summed E-state index contributed by atoms with van der Waals surface area (Å²) in [4.78, 5) is 41.8. The Kier molecular flexibility index (Phi) is 5.94. The first-order chi connectivity index (χ1) is 16.9. The molecule has 2 heterocycles. The van der Waals surface area contributed by atoms with Crippen molar-refractivity contribution in [1.29, 1.82) is 0 Å². The van der Waals surface area contributed by atoms with Crippen LogP contribution in [0.2, 0.25) is 0 Å². The van der Waals surface area contributed by atoms with Crippen LogP contribution in [0.5, 0.6) is 0 Å². The van der Waals surface area contributed by atoms with Crippen LogP contribution in [0.4, 0.5) is 10.7 Å². The molecule has 1 aliphatic heterocycles. The molecule has 2 aliphatic rings. The molecule has 1 aliphatic carbocycles. The van der Waals surface area contributed by atoms with Gasteiger partial charge in [0.25, 0.3) is 11.9 Å². The topological polar surface area (TPSA) is 138 Å². The normalized spacial score (nSPS) is 18.7. The molecule has 0 unspecified atom stereocenters. The summed E-state index contributed by atoms with van der Waals surface area (Å²) >= 11 is 0. The molecule has 3 aromatic rings. The standard InChI is InChI=1S/C25H25N5O5/c1-14-11-30(12-15(14)10-21(31)32)23(33)22-26-24(29-28-22)27-25(34)35-13-20-18-8-4-2-6-16(18)17-7-3-5-9-19(17)20/h2-9,14-15,20H,10-13H2,1H3,(H,31,32)(H2,26,27,28,29,34)/t14-,15-/m1/s1. The Morgan fingerprint density at radius 2 is 1.74 bits per heavy atom. The zero-order valence-electron chi connectivity index (χ0n) is 19.1. The van der Waals surface area contributed by atoms with Gasteiger partial charge in [-0.1, -0.05) is 55.5 Å². The van der Waals surface area contributed by atoms with Gasteiger partial charge in [-0.3, -0.25) is 20.0 Å². The van der Waals surface area contributed by atoms with Gasteiger partial charge < -0.3 is 14.7 Å². The summed E-state index contributed by atoms with van der Waals surface area (Å²) in [5, 5.41) is 17.9. The van der Waals surface area contributed by atoms with E-state index in [1.165, 1.54) is 0 Å². The van der Waals surface area contributed by atoms with E-state index >= 15 is 0 Å². The molecule has 1 saturated heterocycles. The van der Waals surface area contributed by atoms with E-state index in [2.05, 4.69) is 32.6 Å². The van der Waals surface area contributed by atoms with Crippen molar-refractivity contribution >= 4 is 23.9 Å². The van der Waals surface area contributed by atoms with E-state index in [4.69, 9.17) is 9.84 Å². The van der Waals surface area contributed by atoms with E-state index in [-0.39, 0.29) is 42.6 Å². The molecule has 0 radical (unpaired) electrons. The van der Waals surface area contributed by atoms with Gasteiger partial charge in [0.1, 0.15) is 6.61 Å². The van der Waals surface area contributed by atoms with Gasteiger partial charge in [0, 0.05) is 19.0 Å². The van der Waals surface area contributed by atoms with Crippen molar-refractivity contribution < 1.29 is 24.2 Å². The van der Waals surface area contributed by atoms with E-state index in [1.54, 1.807) is 4.90 Å². The van der Waals surface area contributed by atoms with Crippen LogP contribution < -0.4 is 5.32 Å². The second-order valence-electron chi connectivity index (χ2n) is 9.00. The molecule has 2 atom stereocenters. The number of fused-ring (bicyclic) bond motifs is 3. The van der Waals surface area contributed by atoms with Gasteiger partial charge in [-0.05, 0) is 34.1 Å². The lowest BCUT2D eigenvalue weighted by atomic mass is 9.95. The van der Waals surface area contributed by atoms with Crippen LogP contribution in [-0.4, -0.2) is 62.9 Å². The average molecular weight is 476 g/mol. The minimum absolute atomic E-state index is 0.00986. The fraction of sp³-hybridized carbons (Fsp3) is 0.320. The smallest absolute Gasteiger partial charge is 0.414 e. The van der Waals surface area contributed by atoms with Gasteiger partial charge in [-0.2, -0.15) is 4.98 Å². The first-order valence-electron chi connectivity index (χ1n) is 11.5. The molecule has 0 saturated carbocycles. The molecule has 3 N–H and O–H groups in total. The molecule has 35 heavy (non-hydrogen) atoms. The van der Waals surface area contributed by atoms with Crippen molar-refractivity contribution in [3.63, 3.8) is 0 Å². The number of aromatic nitrogens is 3. The van der Waals surface area contributed by atoms with Crippen molar-refractivity contribution in [2.75, 3.05) is 25.0 Å². The number of nitrogens with one attached hydrogen (secondary N) is 2. The number of carbonyl (C=O) groups excluding carboxylic acids is 2. The van der Waals surface area contributed by atoms with Crippen molar-refractivity contribution in [2.24, 2.45) is 11.8 Å². The number of hydrogen-bond donors (Lipinski definition) is 3. The lowest BCUT2D eigenvalue weighted by Crippen LogP contribution is -2.30. The number of ether oxygens (including phenoxy) is 1. The third kappa shape index (κ3) is 4.46. The summed E-state index contributed by atoms with van der Waals surface area (Å²) in [6.45, 7) is 2.84. The van der Waals surface area contributed by atoms with Gasteiger partial charge in [0.15, 0.2) is 0 Å². The number of likely N-dealkylation sites (tertiary alicyclic amines) is 1. The lowest BCUT2D eigenvalue weighted by molar-refractivity contribution is -0.138. The molecule has 2 aromatic carbocycles. The van der Waals surface area contributed by atoms with Crippen LogP contribution in [0.25, 0.3) is 11.1 Å². The third-order valence-corrected chi connectivity index (χ3v) is 6.74. The predicted molar refractivity (Wildman–Crippen MR) is 126 cm³/mol. The molecule has 0 spiro atoms. The summed E-state index contributed by atoms with van der Waals surface area (Å²) < 4.78 is 5.48. The van der Waals surface area contributed by atoms with E-state index < -0.39 is 18.0 Å². The minimum atomic E-state index is -0.884. The highest BCUT2D eigenvalue weighted by atomic mass is 16.5. The van der Waals surface area contributed by atoms with Gasteiger partial charge in [0.2, 0.25) is 5.82 Å². The summed E-state index contributed by atoms with van der Waals surface area (Å²) in [6.07, 6.45) is -0.711. The number of nitrogens with zero attached hydrogens (tertiary/aromatic N) is 3. The molecule has 5 rings (SSSR count). The maximum Gasteiger partial charge on any atom is 0.414 e. The Balaban J connectivity index is 1.19. The van der Waals surface area contributed by atoms with Crippen molar-refractivity contribution in [3.05, 3.63) is 65.5 Å². The summed E-state index contributed by atoms with van der Waals surface area (Å²) in [6, 6.07) is 16.1. The predicted octanol–water partition coefficient (Wildman–Crippen LogP) is 3.35. The molecule has 1 aromatic heterocycles. The second kappa shape index (κ2) is 9.21. The minimum Gasteiger partial charge on any atom is -0.481 e. The van der Waals surface area contributed by atoms with Crippen molar-refractivity contribution in [2.45, 2.75) is 19.3 Å². The van der Waals surface area contributed by atoms with E-state index in [0.717, 1.165) is 22.3 Å².